The summed E-state index contributed by atoms with van der Waals surface area (Å²) in [6.07, 6.45) is 0. The molecule has 3 unspecified atom stereocenters. The van der Waals surface area contributed by atoms with Gasteiger partial charge in [-0.1, -0.05) is 30.1 Å². The summed E-state index contributed by atoms with van der Waals surface area (Å²) >= 11 is 12.2. The summed E-state index contributed by atoms with van der Waals surface area (Å²) in [5.74, 6) is -2.80. The van der Waals surface area contributed by atoms with Gasteiger partial charge in [0.15, 0.2) is 10.8 Å². The Morgan fingerprint density at radius 2 is 1.88 bits per heavy atom. The normalized spacial score (nSPS) is 33.0. The fourth-order valence-electron chi connectivity index (χ4n) is 3.50. The lowest BCUT2D eigenvalue weighted by Crippen LogP contribution is -2.56. The van der Waals surface area contributed by atoms with E-state index < -0.39 is 28.4 Å². The molecule has 0 saturated carbocycles. The SMILES string of the molecule is CC1C2(c3ccc(Cl)cc3Cl)OCC(C#N)(C#N)C1(C#N)C(=N)O2. The molecule has 3 rings (SSSR count). The molecule has 2 aliphatic rings. The highest BCUT2D eigenvalue weighted by Crippen LogP contribution is 2.63. The first-order valence-corrected chi connectivity index (χ1v) is 7.70. The third-order valence-corrected chi connectivity index (χ3v) is 5.42. The summed E-state index contributed by atoms with van der Waals surface area (Å²) in [6.45, 7) is 1.23. The lowest BCUT2D eigenvalue weighted by atomic mass is 9.57. The second-order valence-corrected chi connectivity index (χ2v) is 6.63. The van der Waals surface area contributed by atoms with Crippen molar-refractivity contribution in [1.29, 1.82) is 21.2 Å². The lowest BCUT2D eigenvalue weighted by Gasteiger charge is -2.44. The molecule has 24 heavy (non-hydrogen) atoms. The van der Waals surface area contributed by atoms with Crippen LogP contribution < -0.4 is 0 Å². The number of fused-ring (bicyclic) bond motifs is 2. The number of benzene rings is 1. The molecule has 6 nitrogen and oxygen atoms in total. The van der Waals surface area contributed by atoms with Gasteiger partial charge in [0.25, 0.3) is 0 Å². The van der Waals surface area contributed by atoms with Crippen LogP contribution in [0.3, 0.4) is 0 Å². The fourth-order valence-corrected chi connectivity index (χ4v) is 4.04. The molecule has 120 valence electrons. The van der Waals surface area contributed by atoms with Crippen LogP contribution in [0.4, 0.5) is 0 Å². The highest BCUT2D eigenvalue weighted by Gasteiger charge is 2.76. The molecule has 0 aliphatic carbocycles. The van der Waals surface area contributed by atoms with E-state index in [0.717, 1.165) is 0 Å². The maximum Gasteiger partial charge on any atom is 0.245 e. The largest absolute Gasteiger partial charge is 0.443 e. The second-order valence-electron chi connectivity index (χ2n) is 5.78. The van der Waals surface area contributed by atoms with Crippen molar-refractivity contribution in [2.24, 2.45) is 16.7 Å². The van der Waals surface area contributed by atoms with Gasteiger partial charge in [0, 0.05) is 10.6 Å². The van der Waals surface area contributed by atoms with Crippen molar-refractivity contribution in [3.8, 4) is 18.2 Å². The third kappa shape index (κ3) is 1.65. The Balaban J connectivity index is 2.27. The van der Waals surface area contributed by atoms with Gasteiger partial charge in [-0.3, -0.25) is 5.41 Å². The predicted octanol–water partition coefficient (Wildman–Crippen LogP) is 3.36. The number of nitriles is 3. The Morgan fingerprint density at radius 1 is 1.21 bits per heavy atom. The summed E-state index contributed by atoms with van der Waals surface area (Å²) in [5.41, 5.74) is -3.19. The maximum absolute atomic E-state index is 9.80. The molecule has 0 amide bonds. The van der Waals surface area contributed by atoms with Crippen molar-refractivity contribution in [1.82, 2.24) is 0 Å². The molecule has 0 radical (unpaired) electrons. The molecule has 0 spiro atoms. The quantitative estimate of drug-likeness (QED) is 0.824. The predicted molar refractivity (Wildman–Crippen MR) is 83.8 cm³/mol. The number of rotatable bonds is 1. The van der Waals surface area contributed by atoms with Gasteiger partial charge in [0.05, 0.1) is 35.8 Å². The van der Waals surface area contributed by atoms with E-state index in [0.29, 0.717) is 10.6 Å². The maximum atomic E-state index is 9.80. The van der Waals surface area contributed by atoms with Crippen molar-refractivity contribution in [3.05, 3.63) is 33.8 Å². The van der Waals surface area contributed by atoms with E-state index >= 15 is 0 Å². The zero-order valence-electron chi connectivity index (χ0n) is 12.4. The summed E-state index contributed by atoms with van der Waals surface area (Å²) in [4.78, 5) is 0. The zero-order chi connectivity index (χ0) is 17.8. The monoisotopic (exact) mass is 360 g/mol. The minimum Gasteiger partial charge on any atom is -0.443 e. The van der Waals surface area contributed by atoms with E-state index in [1.54, 1.807) is 19.1 Å². The van der Waals surface area contributed by atoms with Crippen LogP contribution in [0.1, 0.15) is 12.5 Å². The van der Waals surface area contributed by atoms with Gasteiger partial charge < -0.3 is 9.47 Å². The summed E-state index contributed by atoms with van der Waals surface area (Å²) in [7, 11) is 0. The Kier molecular flexibility index (Phi) is 3.52. The van der Waals surface area contributed by atoms with E-state index in [4.69, 9.17) is 38.1 Å². The highest BCUT2D eigenvalue weighted by atomic mass is 35.5. The summed E-state index contributed by atoms with van der Waals surface area (Å²) in [5, 5.41) is 37.7. The standard InChI is InChI=1S/C16H10Cl2N4O2/c1-9-15(7-21)13(22)24-16(9,23-8-14(15,5-19)6-20)11-3-2-10(17)4-12(11)18/h2-4,9,22H,8H2,1H3. The Morgan fingerprint density at radius 3 is 2.42 bits per heavy atom. The van der Waals surface area contributed by atoms with E-state index in [1.165, 1.54) is 6.07 Å². The number of nitrogens with zero attached hydrogens (tertiary/aromatic N) is 3. The molecular weight excluding hydrogens is 351 g/mol. The van der Waals surface area contributed by atoms with Crippen LogP contribution in [0.2, 0.25) is 10.0 Å². The van der Waals surface area contributed by atoms with Gasteiger partial charge >= 0.3 is 0 Å². The van der Waals surface area contributed by atoms with Crippen molar-refractivity contribution in [3.63, 3.8) is 0 Å². The van der Waals surface area contributed by atoms with Gasteiger partial charge in [0.1, 0.15) is 0 Å². The Labute approximate surface area is 148 Å². The smallest absolute Gasteiger partial charge is 0.245 e. The molecule has 2 heterocycles. The number of halogens is 2. The van der Waals surface area contributed by atoms with Gasteiger partial charge in [-0.25, -0.2) is 0 Å². The van der Waals surface area contributed by atoms with Crippen LogP contribution in [0.15, 0.2) is 18.2 Å². The van der Waals surface area contributed by atoms with Crippen molar-refractivity contribution in [2.45, 2.75) is 12.7 Å². The van der Waals surface area contributed by atoms with E-state index in [9.17, 15) is 15.8 Å². The van der Waals surface area contributed by atoms with Gasteiger partial charge in [-0.05, 0) is 18.2 Å². The number of nitrogens with one attached hydrogen (secondary N) is 1. The highest BCUT2D eigenvalue weighted by molar-refractivity contribution is 6.35. The molecule has 2 bridgehead atoms. The van der Waals surface area contributed by atoms with Crippen LogP contribution in [0.25, 0.3) is 0 Å². The first kappa shape index (κ1) is 16.6. The molecule has 2 fully saturated rings. The average Bonchev–Trinajstić information content (AvgIpc) is 2.71. The van der Waals surface area contributed by atoms with Gasteiger partial charge in [-0.2, -0.15) is 15.8 Å². The first-order chi connectivity index (χ1) is 11.3. The summed E-state index contributed by atoms with van der Waals surface area (Å²) in [6, 6.07) is 10.4. The molecule has 1 aromatic carbocycles. The van der Waals surface area contributed by atoms with E-state index in [1.807, 2.05) is 18.2 Å². The number of hydrogen-bond donors (Lipinski definition) is 1. The molecule has 2 aliphatic heterocycles. The van der Waals surface area contributed by atoms with Crippen LogP contribution in [0.5, 0.6) is 0 Å². The van der Waals surface area contributed by atoms with Crippen molar-refractivity contribution in [2.75, 3.05) is 6.61 Å². The topological polar surface area (TPSA) is 114 Å². The van der Waals surface area contributed by atoms with E-state index in [2.05, 4.69) is 0 Å². The van der Waals surface area contributed by atoms with Gasteiger partial charge in [-0.15, -0.1) is 0 Å². The van der Waals surface area contributed by atoms with Crippen LogP contribution in [0, 0.1) is 56.2 Å². The number of hydrogen-bond acceptors (Lipinski definition) is 6. The Hall–Kier alpha value is -2.30. The molecule has 1 aromatic rings. The average molecular weight is 361 g/mol. The van der Waals surface area contributed by atoms with Crippen LogP contribution in [-0.4, -0.2) is 12.5 Å². The van der Waals surface area contributed by atoms with Crippen molar-refractivity contribution >= 4 is 29.1 Å². The molecule has 1 N–H and O–H groups in total. The van der Waals surface area contributed by atoms with E-state index in [-0.39, 0.29) is 11.6 Å². The molecule has 8 heteroatoms. The molecule has 2 saturated heterocycles. The van der Waals surface area contributed by atoms with Crippen molar-refractivity contribution < 1.29 is 9.47 Å². The fraction of sp³-hybridized carbons (Fsp3) is 0.375. The molecule has 0 aromatic heterocycles. The summed E-state index contributed by atoms with van der Waals surface area (Å²) < 4.78 is 11.4. The first-order valence-electron chi connectivity index (χ1n) is 6.95. The second kappa shape index (κ2) is 5.10. The number of ether oxygens (including phenoxy) is 2. The minimum atomic E-state index is -1.84. The minimum absolute atomic E-state index is 0.248. The van der Waals surface area contributed by atoms with Gasteiger partial charge in [0.2, 0.25) is 11.7 Å². The third-order valence-electron chi connectivity index (χ3n) is 4.87. The molecular formula is C16H10Cl2N4O2. The Bertz CT molecular complexity index is 868. The lowest BCUT2D eigenvalue weighted by molar-refractivity contribution is -0.252. The van der Waals surface area contributed by atoms with Crippen LogP contribution in [-0.2, 0) is 15.3 Å². The molecule has 3 atom stereocenters. The van der Waals surface area contributed by atoms with Crippen LogP contribution >= 0.6 is 23.2 Å². The zero-order valence-corrected chi connectivity index (χ0v) is 13.9.